The Morgan fingerprint density at radius 1 is 1.28 bits per heavy atom. The normalized spacial score (nSPS) is 20.2. The number of β-amino-alcohol motifs (C(OH)–C–C–N with tert-alkyl or cyclic N) is 1. The average molecular weight is 435 g/mol. The van der Waals surface area contributed by atoms with Crippen molar-refractivity contribution in [1.29, 1.82) is 0 Å². The van der Waals surface area contributed by atoms with Crippen molar-refractivity contribution in [3.8, 4) is 16.9 Å². The lowest BCUT2D eigenvalue weighted by Gasteiger charge is -2.30. The summed E-state index contributed by atoms with van der Waals surface area (Å²) >= 11 is 0. The first-order chi connectivity index (χ1) is 15.5. The van der Waals surface area contributed by atoms with Gasteiger partial charge in [-0.25, -0.2) is 9.37 Å². The minimum absolute atomic E-state index is 0.228. The number of hydrogen-bond acceptors (Lipinski definition) is 7. The molecular formula is C23H22FN5O3. The lowest BCUT2D eigenvalue weighted by Crippen LogP contribution is -2.30. The second-order valence-corrected chi connectivity index (χ2v) is 8.41. The maximum Gasteiger partial charge on any atom is 0.207 e. The highest BCUT2D eigenvalue weighted by molar-refractivity contribution is 5.94. The van der Waals surface area contributed by atoms with Crippen LogP contribution in [0.25, 0.3) is 22.2 Å². The fourth-order valence-corrected chi connectivity index (χ4v) is 4.89. The van der Waals surface area contributed by atoms with Crippen LogP contribution in [0.3, 0.4) is 0 Å². The summed E-state index contributed by atoms with van der Waals surface area (Å²) in [6.07, 6.45) is 3.73. The van der Waals surface area contributed by atoms with Crippen molar-refractivity contribution in [3.05, 3.63) is 53.4 Å². The van der Waals surface area contributed by atoms with Crippen LogP contribution in [0.15, 0.2) is 35.1 Å². The van der Waals surface area contributed by atoms with Crippen molar-refractivity contribution in [1.82, 2.24) is 19.7 Å². The lowest BCUT2D eigenvalue weighted by atomic mass is 10.00. The van der Waals surface area contributed by atoms with E-state index in [1.54, 1.807) is 19.3 Å². The van der Waals surface area contributed by atoms with Gasteiger partial charge in [0.2, 0.25) is 5.95 Å². The molecule has 0 bridgehead atoms. The second kappa shape index (κ2) is 7.03. The number of halogens is 1. The Morgan fingerprint density at radius 2 is 2.16 bits per heavy atom. The molecule has 2 aliphatic heterocycles. The number of rotatable bonds is 3. The molecule has 3 aromatic heterocycles. The highest BCUT2D eigenvalue weighted by Crippen LogP contribution is 2.47. The van der Waals surface area contributed by atoms with Crippen LogP contribution in [0.1, 0.15) is 29.5 Å². The molecule has 1 saturated heterocycles. The SMILES string of the molecule is Cc1noc(C)c1-c1cc(F)c2nc(N3CC[C@@H](O)C3)n3c2c1OC[C@H]3c1cccnc1. The zero-order valence-corrected chi connectivity index (χ0v) is 17.7. The number of hydrogen-bond donors (Lipinski definition) is 1. The van der Waals surface area contributed by atoms with E-state index >= 15 is 4.39 Å². The summed E-state index contributed by atoms with van der Waals surface area (Å²) in [7, 11) is 0. The summed E-state index contributed by atoms with van der Waals surface area (Å²) in [6.45, 7) is 5.09. The van der Waals surface area contributed by atoms with Gasteiger partial charge in [-0.15, -0.1) is 0 Å². The third-order valence-corrected chi connectivity index (χ3v) is 6.36. The van der Waals surface area contributed by atoms with Crippen LogP contribution in [-0.2, 0) is 0 Å². The minimum atomic E-state index is -0.436. The van der Waals surface area contributed by atoms with E-state index in [1.807, 2.05) is 28.5 Å². The van der Waals surface area contributed by atoms with Crippen LogP contribution in [0.4, 0.5) is 10.3 Å². The van der Waals surface area contributed by atoms with Gasteiger partial charge < -0.3 is 19.3 Å². The number of aromatic nitrogens is 4. The van der Waals surface area contributed by atoms with Crippen LogP contribution >= 0.6 is 0 Å². The summed E-state index contributed by atoms with van der Waals surface area (Å²) in [5.74, 6) is 1.36. The number of nitrogens with zero attached hydrogens (tertiary/aromatic N) is 5. The summed E-state index contributed by atoms with van der Waals surface area (Å²) in [4.78, 5) is 11.0. The zero-order chi connectivity index (χ0) is 22.0. The Bertz CT molecular complexity index is 1310. The van der Waals surface area contributed by atoms with E-state index in [9.17, 15) is 5.11 Å². The van der Waals surface area contributed by atoms with Crippen molar-refractivity contribution in [2.75, 3.05) is 24.6 Å². The van der Waals surface area contributed by atoms with E-state index in [0.29, 0.717) is 60.3 Å². The molecule has 4 aromatic rings. The van der Waals surface area contributed by atoms with Gasteiger partial charge in [-0.1, -0.05) is 11.2 Å². The molecule has 2 atom stereocenters. The van der Waals surface area contributed by atoms with E-state index in [2.05, 4.69) is 10.1 Å². The standard InChI is InChI=1S/C23H22FN5O3/c1-12-19(13(2)32-27-12)16-8-17(24)20-21-22(16)31-11-18(14-4-3-6-25-9-14)29(21)23(26-20)28-7-5-15(30)10-28/h3-4,6,8-9,15,18,30H,5,7,10-11H2,1-2H3/t15-,18+/m1/s1. The monoisotopic (exact) mass is 435 g/mol. The molecule has 5 heterocycles. The largest absolute Gasteiger partial charge is 0.488 e. The third kappa shape index (κ3) is 2.74. The molecule has 9 heteroatoms. The maximum absolute atomic E-state index is 15.5. The quantitative estimate of drug-likeness (QED) is 0.528. The summed E-state index contributed by atoms with van der Waals surface area (Å²) < 4.78 is 29.1. The maximum atomic E-state index is 15.5. The molecule has 1 N–H and O–H groups in total. The van der Waals surface area contributed by atoms with Gasteiger partial charge in [0, 0.05) is 31.0 Å². The van der Waals surface area contributed by atoms with E-state index in [4.69, 9.17) is 14.2 Å². The molecule has 1 aromatic carbocycles. The van der Waals surface area contributed by atoms with E-state index < -0.39 is 11.9 Å². The van der Waals surface area contributed by atoms with Gasteiger partial charge in [-0.3, -0.25) is 9.55 Å². The van der Waals surface area contributed by atoms with Gasteiger partial charge in [0.05, 0.1) is 23.4 Å². The summed E-state index contributed by atoms with van der Waals surface area (Å²) in [6, 6.07) is 5.08. The Morgan fingerprint density at radius 3 is 2.84 bits per heavy atom. The molecule has 6 rings (SSSR count). The first-order valence-electron chi connectivity index (χ1n) is 10.7. The Hall–Kier alpha value is -3.46. The number of aryl methyl sites for hydroxylation is 2. The molecule has 0 spiro atoms. The van der Waals surface area contributed by atoms with Crippen LogP contribution in [0.2, 0.25) is 0 Å². The predicted molar refractivity (Wildman–Crippen MR) is 115 cm³/mol. The molecule has 0 saturated carbocycles. The molecule has 164 valence electrons. The molecular weight excluding hydrogens is 413 g/mol. The Labute approximate surface area is 183 Å². The number of benzene rings is 1. The Kier molecular flexibility index (Phi) is 4.23. The topological polar surface area (TPSA) is 89.4 Å². The third-order valence-electron chi connectivity index (χ3n) is 6.36. The van der Waals surface area contributed by atoms with Crippen molar-refractivity contribution < 1.29 is 18.8 Å². The molecule has 0 unspecified atom stereocenters. The molecule has 2 aliphatic rings. The van der Waals surface area contributed by atoms with Crippen molar-refractivity contribution in [3.63, 3.8) is 0 Å². The smallest absolute Gasteiger partial charge is 0.207 e. The molecule has 0 amide bonds. The highest BCUT2D eigenvalue weighted by atomic mass is 19.1. The van der Waals surface area contributed by atoms with Gasteiger partial charge in [0.1, 0.15) is 23.4 Å². The predicted octanol–water partition coefficient (Wildman–Crippen LogP) is 3.40. The molecule has 0 radical (unpaired) electrons. The van der Waals surface area contributed by atoms with E-state index in [-0.39, 0.29) is 11.6 Å². The number of aliphatic hydroxyl groups is 1. The van der Waals surface area contributed by atoms with Crippen molar-refractivity contribution in [2.45, 2.75) is 32.4 Å². The number of pyridine rings is 1. The fourth-order valence-electron chi connectivity index (χ4n) is 4.89. The highest BCUT2D eigenvalue weighted by Gasteiger charge is 2.36. The zero-order valence-electron chi connectivity index (χ0n) is 17.7. The van der Waals surface area contributed by atoms with Crippen LogP contribution in [0, 0.1) is 19.7 Å². The van der Waals surface area contributed by atoms with E-state index in [0.717, 1.165) is 11.1 Å². The average Bonchev–Trinajstić information content (AvgIpc) is 3.49. The molecule has 8 nitrogen and oxygen atoms in total. The molecule has 32 heavy (non-hydrogen) atoms. The van der Waals surface area contributed by atoms with Gasteiger partial charge in [-0.05, 0) is 38.0 Å². The lowest BCUT2D eigenvalue weighted by molar-refractivity contribution is 0.198. The number of ether oxygens (including phenoxy) is 1. The number of aliphatic hydroxyl groups excluding tert-OH is 1. The van der Waals surface area contributed by atoms with Gasteiger partial charge in [0.25, 0.3) is 0 Å². The van der Waals surface area contributed by atoms with Gasteiger partial charge in [0.15, 0.2) is 11.6 Å². The van der Waals surface area contributed by atoms with E-state index in [1.165, 1.54) is 6.07 Å². The van der Waals surface area contributed by atoms with Crippen molar-refractivity contribution in [2.24, 2.45) is 0 Å². The van der Waals surface area contributed by atoms with Gasteiger partial charge in [-0.2, -0.15) is 0 Å². The first kappa shape index (κ1) is 19.2. The molecule has 0 aliphatic carbocycles. The van der Waals surface area contributed by atoms with Crippen LogP contribution in [0.5, 0.6) is 5.75 Å². The first-order valence-corrected chi connectivity index (χ1v) is 10.7. The number of imidazole rings is 1. The van der Waals surface area contributed by atoms with Crippen LogP contribution < -0.4 is 9.64 Å². The second-order valence-electron chi connectivity index (χ2n) is 8.41. The van der Waals surface area contributed by atoms with Crippen LogP contribution in [-0.4, -0.2) is 50.6 Å². The fraction of sp³-hybridized carbons (Fsp3) is 0.348. The number of anilines is 1. The Balaban J connectivity index is 1.66. The summed E-state index contributed by atoms with van der Waals surface area (Å²) in [5.41, 5.74) is 3.79. The molecule has 1 fully saturated rings. The summed E-state index contributed by atoms with van der Waals surface area (Å²) in [5, 5.41) is 14.2. The van der Waals surface area contributed by atoms with Gasteiger partial charge >= 0.3 is 0 Å². The minimum Gasteiger partial charge on any atom is -0.488 e. The van der Waals surface area contributed by atoms with Crippen molar-refractivity contribution >= 4 is 17.0 Å².